The summed E-state index contributed by atoms with van der Waals surface area (Å²) in [7, 11) is 0. The fourth-order valence-corrected chi connectivity index (χ4v) is 5.02. The van der Waals surface area contributed by atoms with Gasteiger partial charge >= 0.3 is 0 Å². The van der Waals surface area contributed by atoms with E-state index in [1.165, 1.54) is 6.07 Å². The summed E-state index contributed by atoms with van der Waals surface area (Å²) in [5, 5.41) is 0. The van der Waals surface area contributed by atoms with Gasteiger partial charge < -0.3 is 4.74 Å². The van der Waals surface area contributed by atoms with Crippen molar-refractivity contribution < 1.29 is 17.9 Å². The summed E-state index contributed by atoms with van der Waals surface area (Å²) in [4.78, 5) is 0. The lowest BCUT2D eigenvalue weighted by Crippen LogP contribution is -2.15. The number of hydrogen-bond acceptors (Lipinski definition) is 1. The van der Waals surface area contributed by atoms with E-state index in [9.17, 15) is 8.78 Å². The van der Waals surface area contributed by atoms with Gasteiger partial charge in [0.2, 0.25) is 0 Å². The van der Waals surface area contributed by atoms with Crippen LogP contribution in [0.15, 0.2) is 54.6 Å². The van der Waals surface area contributed by atoms with E-state index in [0.717, 1.165) is 37.7 Å². The molecule has 180 valence electrons. The summed E-state index contributed by atoms with van der Waals surface area (Å²) in [5.41, 5.74) is 3.16. The number of rotatable bonds is 8. The number of ether oxygens (including phenoxy) is 1. The lowest BCUT2D eigenvalue weighted by Gasteiger charge is -2.30. The van der Waals surface area contributed by atoms with E-state index in [1.807, 2.05) is 43.3 Å². The Labute approximate surface area is 201 Å². The largest absolute Gasteiger partial charge is 0.493 e. The highest BCUT2D eigenvalue weighted by Gasteiger charge is 2.28. The Morgan fingerprint density at radius 2 is 1.41 bits per heavy atom. The first-order valence-electron chi connectivity index (χ1n) is 12.4. The average Bonchev–Trinajstić information content (AvgIpc) is 2.85. The molecular weight excluding hydrogens is 433 g/mol. The van der Waals surface area contributed by atoms with E-state index in [4.69, 9.17) is 4.74 Å². The Balaban J connectivity index is 1.41. The van der Waals surface area contributed by atoms with E-state index in [1.54, 1.807) is 12.1 Å². The zero-order valence-corrected chi connectivity index (χ0v) is 20.0. The van der Waals surface area contributed by atoms with Crippen molar-refractivity contribution in [2.45, 2.75) is 70.6 Å². The van der Waals surface area contributed by atoms with E-state index < -0.39 is 11.6 Å². The van der Waals surface area contributed by atoms with Gasteiger partial charge in [-0.25, -0.2) is 13.2 Å². The standard InChI is InChI=1S/C30H33F3O/c1-3-4-5-18-34-24-14-15-25(28(31)19-24)21-10-12-23(13-11-21)27-17-16-26(29(32)30(27)33)22-8-6-20(2)7-9-22/h6-9,14-17,19,21,23H,3-5,10-13,18H2,1-2H3. The van der Waals surface area contributed by atoms with Crippen molar-refractivity contribution >= 4 is 0 Å². The van der Waals surface area contributed by atoms with Crippen molar-refractivity contribution in [3.05, 3.63) is 88.7 Å². The normalized spacial score (nSPS) is 18.1. The van der Waals surface area contributed by atoms with Crippen LogP contribution in [0, 0.1) is 24.4 Å². The predicted molar refractivity (Wildman–Crippen MR) is 132 cm³/mol. The second-order valence-corrected chi connectivity index (χ2v) is 9.48. The molecule has 4 rings (SSSR count). The topological polar surface area (TPSA) is 9.23 Å². The molecule has 0 N–H and O–H groups in total. The van der Waals surface area contributed by atoms with Crippen LogP contribution in [0.2, 0.25) is 0 Å². The molecule has 1 nitrogen and oxygen atoms in total. The average molecular weight is 467 g/mol. The van der Waals surface area contributed by atoms with E-state index in [-0.39, 0.29) is 23.2 Å². The summed E-state index contributed by atoms with van der Waals surface area (Å²) in [6.45, 7) is 4.69. The van der Waals surface area contributed by atoms with Crippen LogP contribution in [0.1, 0.15) is 80.4 Å². The Morgan fingerprint density at radius 3 is 2.06 bits per heavy atom. The fraction of sp³-hybridized carbons (Fsp3) is 0.400. The maximum absolute atomic E-state index is 15.0. The molecule has 0 spiro atoms. The molecule has 3 aromatic rings. The smallest absolute Gasteiger partial charge is 0.166 e. The van der Waals surface area contributed by atoms with E-state index in [0.29, 0.717) is 41.9 Å². The molecule has 34 heavy (non-hydrogen) atoms. The number of halogens is 3. The molecule has 0 heterocycles. The molecule has 1 saturated carbocycles. The molecule has 0 radical (unpaired) electrons. The Bertz CT molecular complexity index is 1100. The van der Waals surface area contributed by atoms with Crippen LogP contribution in [-0.2, 0) is 0 Å². The van der Waals surface area contributed by atoms with Crippen LogP contribution in [0.3, 0.4) is 0 Å². The van der Waals surface area contributed by atoms with Crippen molar-refractivity contribution in [1.82, 2.24) is 0 Å². The minimum absolute atomic E-state index is 0.0537. The minimum Gasteiger partial charge on any atom is -0.493 e. The number of aryl methyl sites for hydroxylation is 1. The zero-order chi connectivity index (χ0) is 24.1. The molecule has 0 aliphatic heterocycles. The van der Waals surface area contributed by atoms with Gasteiger partial charge in [-0.3, -0.25) is 0 Å². The number of benzene rings is 3. The van der Waals surface area contributed by atoms with E-state index in [2.05, 4.69) is 6.92 Å². The van der Waals surface area contributed by atoms with Gasteiger partial charge in [0.05, 0.1) is 6.61 Å². The maximum atomic E-state index is 15.0. The molecule has 0 aromatic heterocycles. The predicted octanol–water partition coefficient (Wildman–Crippen LogP) is 9.09. The quantitative estimate of drug-likeness (QED) is 0.301. The molecule has 3 aromatic carbocycles. The highest BCUT2D eigenvalue weighted by molar-refractivity contribution is 5.65. The van der Waals surface area contributed by atoms with Crippen molar-refractivity contribution in [1.29, 1.82) is 0 Å². The summed E-state index contributed by atoms with van der Waals surface area (Å²) in [6, 6.07) is 16.0. The number of hydrogen-bond donors (Lipinski definition) is 0. The van der Waals surface area contributed by atoms with Crippen molar-refractivity contribution in [3.8, 4) is 16.9 Å². The lowest BCUT2D eigenvalue weighted by atomic mass is 9.75. The Kier molecular flexibility index (Phi) is 7.97. The highest BCUT2D eigenvalue weighted by Crippen LogP contribution is 2.43. The first kappa shape index (κ1) is 24.4. The van der Waals surface area contributed by atoms with Crippen LogP contribution in [0.5, 0.6) is 5.75 Å². The molecule has 0 atom stereocenters. The van der Waals surface area contributed by atoms with Crippen LogP contribution in [0.4, 0.5) is 13.2 Å². The van der Waals surface area contributed by atoms with Gasteiger partial charge in [-0.05, 0) is 73.6 Å². The molecule has 4 heteroatoms. The third kappa shape index (κ3) is 5.48. The third-order valence-corrected chi connectivity index (χ3v) is 7.07. The summed E-state index contributed by atoms with van der Waals surface area (Å²) >= 11 is 0. The number of unbranched alkanes of at least 4 members (excludes halogenated alkanes) is 2. The molecule has 1 aliphatic rings. The first-order chi connectivity index (χ1) is 16.5. The van der Waals surface area contributed by atoms with Gasteiger partial charge in [-0.1, -0.05) is 67.8 Å². The maximum Gasteiger partial charge on any atom is 0.166 e. The first-order valence-corrected chi connectivity index (χ1v) is 12.4. The second-order valence-electron chi connectivity index (χ2n) is 9.48. The van der Waals surface area contributed by atoms with Gasteiger partial charge in [-0.15, -0.1) is 0 Å². The minimum atomic E-state index is -0.788. The van der Waals surface area contributed by atoms with Crippen molar-refractivity contribution in [3.63, 3.8) is 0 Å². The molecule has 0 unspecified atom stereocenters. The molecule has 0 saturated heterocycles. The van der Waals surface area contributed by atoms with Gasteiger partial charge in [0, 0.05) is 11.6 Å². The van der Waals surface area contributed by atoms with Gasteiger partial charge in [0.25, 0.3) is 0 Å². The molecule has 0 amide bonds. The van der Waals surface area contributed by atoms with Gasteiger partial charge in [0.1, 0.15) is 11.6 Å². The van der Waals surface area contributed by atoms with Crippen molar-refractivity contribution in [2.75, 3.05) is 6.61 Å². The summed E-state index contributed by atoms with van der Waals surface area (Å²) in [6.07, 6.45) is 6.10. The fourth-order valence-electron chi connectivity index (χ4n) is 5.02. The summed E-state index contributed by atoms with van der Waals surface area (Å²) in [5.74, 6) is -1.18. The third-order valence-electron chi connectivity index (χ3n) is 7.07. The van der Waals surface area contributed by atoms with Crippen LogP contribution < -0.4 is 4.74 Å². The van der Waals surface area contributed by atoms with Crippen LogP contribution >= 0.6 is 0 Å². The van der Waals surface area contributed by atoms with E-state index >= 15 is 4.39 Å². The molecule has 1 aliphatic carbocycles. The molecular formula is C30H33F3O. The van der Waals surface area contributed by atoms with Crippen LogP contribution in [-0.4, -0.2) is 6.61 Å². The second kappa shape index (κ2) is 11.1. The molecule has 0 bridgehead atoms. The van der Waals surface area contributed by atoms with Crippen LogP contribution in [0.25, 0.3) is 11.1 Å². The highest BCUT2D eigenvalue weighted by atomic mass is 19.2. The Hall–Kier alpha value is -2.75. The Morgan fingerprint density at radius 1 is 0.765 bits per heavy atom. The summed E-state index contributed by atoms with van der Waals surface area (Å²) < 4.78 is 50.4. The van der Waals surface area contributed by atoms with Gasteiger partial charge in [0.15, 0.2) is 11.6 Å². The van der Waals surface area contributed by atoms with Crippen molar-refractivity contribution in [2.24, 2.45) is 0 Å². The molecule has 1 fully saturated rings. The van der Waals surface area contributed by atoms with Gasteiger partial charge in [-0.2, -0.15) is 0 Å². The monoisotopic (exact) mass is 466 g/mol. The SMILES string of the molecule is CCCCCOc1ccc(C2CCC(c3ccc(-c4ccc(C)cc4)c(F)c3F)CC2)c(F)c1. The lowest BCUT2D eigenvalue weighted by molar-refractivity contribution is 0.304. The zero-order valence-electron chi connectivity index (χ0n) is 20.0.